The van der Waals surface area contributed by atoms with Gasteiger partial charge in [0.15, 0.2) is 0 Å². The van der Waals surface area contributed by atoms with E-state index in [1.165, 1.54) is 0 Å². The van der Waals surface area contributed by atoms with E-state index in [9.17, 15) is 0 Å². The van der Waals surface area contributed by atoms with E-state index in [1.807, 2.05) is 31.2 Å². The van der Waals surface area contributed by atoms with Gasteiger partial charge in [0.2, 0.25) is 0 Å². The number of benzene rings is 2. The van der Waals surface area contributed by atoms with E-state index in [-0.39, 0.29) is 6.04 Å². The molecule has 0 fully saturated rings. The van der Waals surface area contributed by atoms with Crippen molar-refractivity contribution in [3.63, 3.8) is 0 Å². The second kappa shape index (κ2) is 7.15. The molecule has 0 spiro atoms. The van der Waals surface area contributed by atoms with Crippen molar-refractivity contribution in [3.8, 4) is 0 Å². The fourth-order valence-electron chi connectivity index (χ4n) is 2.06. The van der Waals surface area contributed by atoms with Crippen molar-refractivity contribution in [1.29, 1.82) is 0 Å². The predicted octanol–water partition coefficient (Wildman–Crippen LogP) is 6.11. The van der Waals surface area contributed by atoms with Gasteiger partial charge in [0.1, 0.15) is 0 Å². The van der Waals surface area contributed by atoms with Crippen LogP contribution in [0, 0.1) is 0 Å². The van der Waals surface area contributed by atoms with Crippen molar-refractivity contribution in [3.05, 3.63) is 67.1 Å². The van der Waals surface area contributed by atoms with Crippen LogP contribution >= 0.6 is 50.7 Å². The van der Waals surface area contributed by atoms with Crippen LogP contribution in [0.4, 0.5) is 0 Å². The van der Waals surface area contributed by atoms with Crippen LogP contribution in [0.1, 0.15) is 24.1 Å². The molecule has 20 heavy (non-hydrogen) atoms. The second-order valence-corrected chi connectivity index (χ2v) is 6.49. The first kappa shape index (κ1) is 16.1. The normalized spacial score (nSPS) is 12.4. The third-order valence-corrected chi connectivity index (χ3v) is 4.36. The number of hydrogen-bond donors (Lipinski definition) is 1. The Morgan fingerprint density at radius 3 is 2.25 bits per heavy atom. The maximum absolute atomic E-state index is 6.33. The monoisotopic (exact) mass is 391 g/mol. The lowest BCUT2D eigenvalue weighted by molar-refractivity contribution is 0.631. The van der Waals surface area contributed by atoms with Gasteiger partial charge in [-0.15, -0.1) is 0 Å². The zero-order valence-corrected chi connectivity index (χ0v) is 14.6. The molecular formula is C15H13BrCl3N. The highest BCUT2D eigenvalue weighted by Gasteiger charge is 2.19. The number of hydrogen-bond acceptors (Lipinski definition) is 1. The summed E-state index contributed by atoms with van der Waals surface area (Å²) < 4.78 is 0.970. The van der Waals surface area contributed by atoms with Gasteiger partial charge in [0.05, 0.1) is 6.04 Å². The van der Waals surface area contributed by atoms with Crippen molar-refractivity contribution in [2.24, 2.45) is 0 Å². The van der Waals surface area contributed by atoms with Crippen LogP contribution in [0.2, 0.25) is 15.1 Å². The smallest absolute Gasteiger partial charge is 0.0607 e. The third kappa shape index (κ3) is 3.69. The van der Waals surface area contributed by atoms with E-state index >= 15 is 0 Å². The van der Waals surface area contributed by atoms with Gasteiger partial charge < -0.3 is 5.32 Å². The lowest BCUT2D eigenvalue weighted by atomic mass is 9.98. The molecule has 0 radical (unpaired) electrons. The van der Waals surface area contributed by atoms with E-state index in [2.05, 4.69) is 21.2 Å². The van der Waals surface area contributed by atoms with Gasteiger partial charge in [-0.2, -0.15) is 0 Å². The summed E-state index contributed by atoms with van der Waals surface area (Å²) >= 11 is 22.2. The van der Waals surface area contributed by atoms with Gasteiger partial charge in [-0.25, -0.2) is 0 Å². The van der Waals surface area contributed by atoms with Crippen molar-refractivity contribution >= 4 is 50.7 Å². The Hall–Kier alpha value is -0.250. The molecule has 1 N–H and O–H groups in total. The van der Waals surface area contributed by atoms with Gasteiger partial charge in [-0.05, 0) is 54.1 Å². The second-order valence-electron chi connectivity index (χ2n) is 4.32. The number of rotatable bonds is 4. The van der Waals surface area contributed by atoms with Gasteiger partial charge in [0, 0.05) is 19.5 Å². The molecule has 0 bridgehead atoms. The molecule has 1 nitrogen and oxygen atoms in total. The molecule has 1 unspecified atom stereocenters. The van der Waals surface area contributed by atoms with Crippen LogP contribution in [0.15, 0.2) is 40.9 Å². The maximum atomic E-state index is 6.33. The summed E-state index contributed by atoms with van der Waals surface area (Å²) in [6.45, 7) is 2.83. The van der Waals surface area contributed by atoms with Gasteiger partial charge in [-0.1, -0.05) is 57.7 Å². The van der Waals surface area contributed by atoms with Crippen molar-refractivity contribution in [1.82, 2.24) is 5.32 Å². The summed E-state index contributed by atoms with van der Waals surface area (Å²) in [4.78, 5) is 0. The Labute approximate surface area is 142 Å². The fourth-order valence-corrected chi connectivity index (χ4v) is 3.08. The highest BCUT2D eigenvalue weighted by Crippen LogP contribution is 2.35. The molecule has 0 saturated heterocycles. The number of nitrogens with one attached hydrogen (secondary N) is 1. The van der Waals surface area contributed by atoms with E-state index in [1.54, 1.807) is 12.1 Å². The van der Waals surface area contributed by atoms with Gasteiger partial charge in [0.25, 0.3) is 0 Å². The molecule has 0 aliphatic rings. The molecule has 0 heterocycles. The minimum absolute atomic E-state index is 0.101. The molecule has 2 aromatic rings. The minimum Gasteiger partial charge on any atom is -0.306 e. The highest BCUT2D eigenvalue weighted by molar-refractivity contribution is 9.10. The minimum atomic E-state index is -0.101. The Balaban J connectivity index is 2.55. The lowest BCUT2D eigenvalue weighted by Crippen LogP contribution is -2.22. The van der Waals surface area contributed by atoms with Gasteiger partial charge in [-0.3, -0.25) is 0 Å². The molecule has 2 aromatic carbocycles. The predicted molar refractivity (Wildman–Crippen MR) is 91.1 cm³/mol. The average Bonchev–Trinajstić information content (AvgIpc) is 2.42. The van der Waals surface area contributed by atoms with E-state index < -0.39 is 0 Å². The Morgan fingerprint density at radius 1 is 1.00 bits per heavy atom. The first-order valence-corrected chi connectivity index (χ1v) is 8.09. The molecule has 0 aliphatic heterocycles. The van der Waals surface area contributed by atoms with Gasteiger partial charge >= 0.3 is 0 Å². The van der Waals surface area contributed by atoms with Crippen LogP contribution in [0.3, 0.4) is 0 Å². The summed E-state index contributed by atoms with van der Waals surface area (Å²) in [5.74, 6) is 0. The molecule has 0 aromatic heterocycles. The van der Waals surface area contributed by atoms with Crippen molar-refractivity contribution in [2.75, 3.05) is 6.54 Å². The largest absolute Gasteiger partial charge is 0.306 e. The molecule has 0 amide bonds. The summed E-state index contributed by atoms with van der Waals surface area (Å²) in [7, 11) is 0. The average molecular weight is 394 g/mol. The summed E-state index contributed by atoms with van der Waals surface area (Å²) in [6, 6.07) is 11.1. The summed E-state index contributed by atoms with van der Waals surface area (Å²) in [5, 5.41) is 5.41. The van der Waals surface area contributed by atoms with E-state index in [0.29, 0.717) is 15.1 Å². The zero-order chi connectivity index (χ0) is 14.7. The Bertz CT molecular complexity index is 565. The summed E-state index contributed by atoms with van der Waals surface area (Å²) in [6.07, 6.45) is 0. The van der Waals surface area contributed by atoms with Crippen molar-refractivity contribution in [2.45, 2.75) is 13.0 Å². The topological polar surface area (TPSA) is 12.0 Å². The fraction of sp³-hybridized carbons (Fsp3) is 0.200. The SMILES string of the molecule is CCNC(c1cc(Cl)ccc1Cl)c1cc(Br)ccc1Cl. The van der Waals surface area contributed by atoms with Crippen molar-refractivity contribution < 1.29 is 0 Å². The highest BCUT2D eigenvalue weighted by atomic mass is 79.9. The molecule has 0 saturated carbocycles. The first-order chi connectivity index (χ1) is 9.52. The lowest BCUT2D eigenvalue weighted by Gasteiger charge is -2.22. The van der Waals surface area contributed by atoms with Crippen LogP contribution in [-0.2, 0) is 0 Å². The van der Waals surface area contributed by atoms with E-state index in [0.717, 1.165) is 22.1 Å². The first-order valence-electron chi connectivity index (χ1n) is 6.16. The Morgan fingerprint density at radius 2 is 1.60 bits per heavy atom. The van der Waals surface area contributed by atoms with E-state index in [4.69, 9.17) is 34.8 Å². The molecule has 0 aliphatic carbocycles. The standard InChI is InChI=1S/C15H13BrCl3N/c1-2-20-15(11-7-9(16)3-5-13(11)18)12-8-10(17)4-6-14(12)19/h3-8,15,20H,2H2,1H3. The van der Waals surface area contributed by atoms with Crippen LogP contribution < -0.4 is 5.32 Å². The Kier molecular flexibility index (Phi) is 5.76. The number of halogens is 4. The zero-order valence-electron chi connectivity index (χ0n) is 10.8. The molecule has 2 rings (SSSR count). The summed E-state index contributed by atoms with van der Waals surface area (Å²) in [5.41, 5.74) is 1.88. The molecular weight excluding hydrogens is 380 g/mol. The molecule has 106 valence electrons. The quantitative estimate of drug-likeness (QED) is 0.661. The maximum Gasteiger partial charge on any atom is 0.0607 e. The molecule has 1 atom stereocenters. The van der Waals surface area contributed by atoms with Crippen LogP contribution in [0.5, 0.6) is 0 Å². The third-order valence-electron chi connectivity index (χ3n) is 2.95. The van der Waals surface area contributed by atoms with Crippen LogP contribution in [0.25, 0.3) is 0 Å². The van der Waals surface area contributed by atoms with Crippen LogP contribution in [-0.4, -0.2) is 6.54 Å². The molecule has 5 heteroatoms.